The first kappa shape index (κ1) is 34.4. The average Bonchev–Trinajstić information content (AvgIpc) is 3.13. The standard InChI is InChI=1S/C41H46N2O5/c44-39(26-23-31-13-4-1-5-14-31)43(30-33-15-6-2-7-16-33)27-12-28-48-35-24-21-32(22-25-35)29-38(41(46)47)42-37-20-11-10-19-36(37)40(45)34-17-8-3-9-18-34/h2-3,6-11,15-22,24-25,31,38,42H,1,4-5,12-14,23,26-30H2,(H,46,47). The zero-order valence-electron chi connectivity index (χ0n) is 27.6. The molecule has 0 saturated heterocycles. The molecule has 0 spiro atoms. The normalized spacial score (nSPS) is 13.8. The Hall–Kier alpha value is -4.91. The molecule has 0 aromatic heterocycles. The van der Waals surface area contributed by atoms with Gasteiger partial charge in [0.15, 0.2) is 5.78 Å². The molecular weight excluding hydrogens is 600 g/mol. The summed E-state index contributed by atoms with van der Waals surface area (Å²) in [6.07, 6.45) is 8.88. The molecular formula is C41H46N2O5. The monoisotopic (exact) mass is 646 g/mol. The highest BCUT2D eigenvalue weighted by Crippen LogP contribution is 2.28. The molecule has 1 fully saturated rings. The lowest BCUT2D eigenvalue weighted by molar-refractivity contribution is -0.138. The summed E-state index contributed by atoms with van der Waals surface area (Å²) in [5.41, 5.74) is 3.39. The van der Waals surface area contributed by atoms with E-state index in [0.717, 1.165) is 17.5 Å². The molecule has 1 aliphatic carbocycles. The predicted molar refractivity (Wildman–Crippen MR) is 189 cm³/mol. The molecule has 5 rings (SSSR count). The number of amides is 1. The first-order valence-corrected chi connectivity index (χ1v) is 17.2. The third-order valence-electron chi connectivity index (χ3n) is 9.10. The van der Waals surface area contributed by atoms with Gasteiger partial charge in [0, 0.05) is 42.7 Å². The van der Waals surface area contributed by atoms with Crippen molar-refractivity contribution in [3.8, 4) is 5.75 Å². The topological polar surface area (TPSA) is 95.9 Å². The van der Waals surface area contributed by atoms with E-state index in [9.17, 15) is 19.5 Å². The number of nitrogens with one attached hydrogen (secondary N) is 1. The van der Waals surface area contributed by atoms with Crippen molar-refractivity contribution in [3.63, 3.8) is 0 Å². The van der Waals surface area contributed by atoms with Gasteiger partial charge in [-0.2, -0.15) is 0 Å². The Bertz CT molecular complexity index is 1600. The zero-order chi connectivity index (χ0) is 33.6. The number of ketones is 1. The molecule has 7 heteroatoms. The van der Waals surface area contributed by atoms with Crippen LogP contribution in [0.4, 0.5) is 5.69 Å². The number of rotatable bonds is 17. The Kier molecular flexibility index (Phi) is 12.8. The van der Waals surface area contributed by atoms with Crippen molar-refractivity contribution in [2.24, 2.45) is 5.92 Å². The average molecular weight is 647 g/mol. The minimum absolute atomic E-state index is 0.170. The van der Waals surface area contributed by atoms with E-state index in [1.54, 1.807) is 48.5 Å². The second-order valence-electron chi connectivity index (χ2n) is 12.7. The van der Waals surface area contributed by atoms with Gasteiger partial charge in [-0.1, -0.05) is 117 Å². The summed E-state index contributed by atoms with van der Waals surface area (Å²) in [4.78, 5) is 40.6. The lowest BCUT2D eigenvalue weighted by Crippen LogP contribution is -2.32. The van der Waals surface area contributed by atoms with Crippen LogP contribution in [0.15, 0.2) is 109 Å². The summed E-state index contributed by atoms with van der Waals surface area (Å²) in [6.45, 7) is 1.69. The van der Waals surface area contributed by atoms with Crippen LogP contribution in [-0.4, -0.2) is 46.9 Å². The van der Waals surface area contributed by atoms with E-state index >= 15 is 0 Å². The molecule has 7 nitrogen and oxygen atoms in total. The number of anilines is 1. The number of carbonyl (C=O) groups excluding carboxylic acids is 2. The van der Waals surface area contributed by atoms with E-state index in [4.69, 9.17) is 4.74 Å². The Labute approximate surface area is 284 Å². The number of hydrogen-bond acceptors (Lipinski definition) is 5. The smallest absolute Gasteiger partial charge is 0.326 e. The lowest BCUT2D eigenvalue weighted by atomic mass is 9.86. The number of carboxylic acids is 1. The Balaban J connectivity index is 1.13. The first-order valence-electron chi connectivity index (χ1n) is 17.2. The minimum Gasteiger partial charge on any atom is -0.494 e. The van der Waals surface area contributed by atoms with Crippen LogP contribution in [0.25, 0.3) is 0 Å². The van der Waals surface area contributed by atoms with Crippen LogP contribution < -0.4 is 10.1 Å². The molecule has 0 radical (unpaired) electrons. The highest BCUT2D eigenvalue weighted by atomic mass is 16.5. The van der Waals surface area contributed by atoms with Crippen LogP contribution >= 0.6 is 0 Å². The molecule has 0 bridgehead atoms. The van der Waals surface area contributed by atoms with Crippen molar-refractivity contribution >= 4 is 23.3 Å². The van der Waals surface area contributed by atoms with E-state index in [1.165, 1.54) is 32.1 Å². The summed E-state index contributed by atoms with van der Waals surface area (Å²) in [5, 5.41) is 13.1. The van der Waals surface area contributed by atoms with E-state index in [1.807, 2.05) is 53.4 Å². The van der Waals surface area contributed by atoms with Crippen LogP contribution in [0.5, 0.6) is 5.75 Å². The molecule has 1 aliphatic rings. The SMILES string of the molecule is O=C(c1ccccc1)c1ccccc1NC(Cc1ccc(OCCCN(Cc2ccccc2)C(=O)CCC2CCCCC2)cc1)C(=O)O. The van der Waals surface area contributed by atoms with Gasteiger partial charge in [-0.25, -0.2) is 4.79 Å². The fourth-order valence-electron chi connectivity index (χ4n) is 6.40. The number of para-hydroxylation sites is 1. The highest BCUT2D eigenvalue weighted by Gasteiger charge is 2.22. The second-order valence-corrected chi connectivity index (χ2v) is 12.7. The number of ether oxygens (including phenoxy) is 1. The number of carbonyl (C=O) groups is 3. The van der Waals surface area contributed by atoms with Crippen LogP contribution in [-0.2, 0) is 22.6 Å². The van der Waals surface area contributed by atoms with Gasteiger partial charge >= 0.3 is 5.97 Å². The fraction of sp³-hybridized carbons (Fsp3) is 0.341. The number of benzene rings is 4. The first-order chi connectivity index (χ1) is 23.5. The molecule has 4 aromatic rings. The summed E-state index contributed by atoms with van der Waals surface area (Å²) < 4.78 is 6.02. The Morgan fingerprint density at radius 3 is 2.17 bits per heavy atom. The maximum absolute atomic E-state index is 13.3. The van der Waals surface area contributed by atoms with Crippen molar-refractivity contribution in [3.05, 3.63) is 131 Å². The number of carboxylic acid groups (broad SMARTS) is 1. The van der Waals surface area contributed by atoms with Crippen molar-refractivity contribution in [2.75, 3.05) is 18.5 Å². The van der Waals surface area contributed by atoms with Gasteiger partial charge in [0.05, 0.1) is 6.61 Å². The van der Waals surface area contributed by atoms with Gasteiger partial charge in [-0.3, -0.25) is 9.59 Å². The molecule has 250 valence electrons. The molecule has 1 amide bonds. The Morgan fingerprint density at radius 2 is 1.46 bits per heavy atom. The highest BCUT2D eigenvalue weighted by molar-refractivity contribution is 6.12. The van der Waals surface area contributed by atoms with Gasteiger partial charge in [-0.15, -0.1) is 0 Å². The van der Waals surface area contributed by atoms with Crippen molar-refractivity contribution < 1.29 is 24.2 Å². The van der Waals surface area contributed by atoms with Crippen LogP contribution in [0.2, 0.25) is 0 Å². The Morgan fingerprint density at radius 1 is 0.792 bits per heavy atom. The third-order valence-corrected chi connectivity index (χ3v) is 9.10. The summed E-state index contributed by atoms with van der Waals surface area (Å²) in [6, 6.07) is 32.6. The molecule has 1 unspecified atom stereocenters. The lowest BCUT2D eigenvalue weighted by Gasteiger charge is -2.25. The molecule has 2 N–H and O–H groups in total. The fourth-order valence-corrected chi connectivity index (χ4v) is 6.40. The van der Waals surface area contributed by atoms with E-state index in [0.29, 0.717) is 61.0 Å². The van der Waals surface area contributed by atoms with E-state index in [2.05, 4.69) is 17.4 Å². The molecule has 0 aliphatic heterocycles. The minimum atomic E-state index is -1.01. The molecule has 48 heavy (non-hydrogen) atoms. The summed E-state index contributed by atoms with van der Waals surface area (Å²) >= 11 is 0. The largest absolute Gasteiger partial charge is 0.494 e. The van der Waals surface area contributed by atoms with E-state index < -0.39 is 12.0 Å². The maximum atomic E-state index is 13.3. The summed E-state index contributed by atoms with van der Waals surface area (Å²) in [5.74, 6) is 0.397. The van der Waals surface area contributed by atoms with E-state index in [-0.39, 0.29) is 18.1 Å². The molecule has 4 aromatic carbocycles. The quantitative estimate of drug-likeness (QED) is 0.0887. The van der Waals surface area contributed by atoms with Crippen molar-refractivity contribution in [1.82, 2.24) is 4.90 Å². The number of aliphatic carboxylic acids is 1. The maximum Gasteiger partial charge on any atom is 0.326 e. The molecule has 0 heterocycles. The molecule has 1 saturated carbocycles. The van der Waals surface area contributed by atoms with Gasteiger partial charge < -0.3 is 20.1 Å². The predicted octanol–water partition coefficient (Wildman–Crippen LogP) is 8.18. The summed E-state index contributed by atoms with van der Waals surface area (Å²) in [7, 11) is 0. The van der Waals surface area contributed by atoms with Crippen LogP contribution in [0.3, 0.4) is 0 Å². The number of nitrogens with zero attached hydrogens (tertiary/aromatic N) is 1. The van der Waals surface area contributed by atoms with Gasteiger partial charge in [0.1, 0.15) is 11.8 Å². The third kappa shape index (κ3) is 10.3. The van der Waals surface area contributed by atoms with Gasteiger partial charge in [-0.05, 0) is 54.2 Å². The molecule has 1 atom stereocenters. The van der Waals surface area contributed by atoms with Crippen LogP contribution in [0, 0.1) is 5.92 Å². The van der Waals surface area contributed by atoms with Gasteiger partial charge in [0.2, 0.25) is 5.91 Å². The number of hydrogen-bond donors (Lipinski definition) is 2. The zero-order valence-corrected chi connectivity index (χ0v) is 27.6. The van der Waals surface area contributed by atoms with Crippen molar-refractivity contribution in [1.29, 1.82) is 0 Å². The second kappa shape index (κ2) is 17.9. The van der Waals surface area contributed by atoms with Crippen LogP contribution in [0.1, 0.15) is 78.4 Å². The van der Waals surface area contributed by atoms with Gasteiger partial charge in [0.25, 0.3) is 0 Å². The van der Waals surface area contributed by atoms with Crippen molar-refractivity contribution in [2.45, 2.75) is 70.4 Å².